The summed E-state index contributed by atoms with van der Waals surface area (Å²) < 4.78 is 33.7. The van der Waals surface area contributed by atoms with Gasteiger partial charge in [-0.2, -0.15) is 4.39 Å². The fourth-order valence-corrected chi connectivity index (χ4v) is 3.43. The summed E-state index contributed by atoms with van der Waals surface area (Å²) in [6.07, 6.45) is 0. The third-order valence-electron chi connectivity index (χ3n) is 4.03. The van der Waals surface area contributed by atoms with Crippen LogP contribution in [0.4, 0.5) is 4.39 Å². The Morgan fingerprint density at radius 2 is 1.92 bits per heavy atom. The topological polar surface area (TPSA) is 62.5 Å². The van der Waals surface area contributed by atoms with Gasteiger partial charge in [-0.05, 0) is 55.7 Å². The smallest absolute Gasteiger partial charge is 0.278 e. The van der Waals surface area contributed by atoms with E-state index in [0.717, 1.165) is 11.1 Å². The summed E-state index contributed by atoms with van der Waals surface area (Å²) in [5.74, 6) is 0. The molecule has 0 bridgehead atoms. The maximum absolute atomic E-state index is 13.6. The van der Waals surface area contributed by atoms with Gasteiger partial charge >= 0.3 is 0 Å². The normalized spacial score (nSPS) is 13.3. The standard InChI is InChI=1S/C20H22FNO3S/c1-20(2,3)26(24)22-11-13-5-4-6-15(7-13)17-9-14(12-23)8-16-10-18(21)25-19(16)17/h4-10,22-23H,11-12H2,1-3H3/t26-/m1/s1. The van der Waals surface area contributed by atoms with E-state index in [0.29, 0.717) is 28.6 Å². The van der Waals surface area contributed by atoms with Crippen molar-refractivity contribution in [2.45, 2.75) is 38.7 Å². The molecule has 0 amide bonds. The number of furan rings is 1. The van der Waals surface area contributed by atoms with Crippen LogP contribution >= 0.6 is 0 Å². The van der Waals surface area contributed by atoms with Crippen molar-refractivity contribution in [3.8, 4) is 11.1 Å². The van der Waals surface area contributed by atoms with Crippen LogP contribution in [0, 0.1) is 6.01 Å². The summed E-state index contributed by atoms with van der Waals surface area (Å²) in [5, 5.41) is 10.1. The molecule has 0 radical (unpaired) electrons. The monoisotopic (exact) mass is 375 g/mol. The Bertz CT molecular complexity index is 959. The lowest BCUT2D eigenvalue weighted by atomic mass is 9.99. The van der Waals surface area contributed by atoms with Crippen LogP contribution in [0.3, 0.4) is 0 Å². The van der Waals surface area contributed by atoms with Crippen LogP contribution in [-0.4, -0.2) is 14.1 Å². The fraction of sp³-hybridized carbons (Fsp3) is 0.300. The van der Waals surface area contributed by atoms with Gasteiger partial charge in [-0.25, -0.2) is 8.93 Å². The van der Waals surface area contributed by atoms with Crippen molar-refractivity contribution < 1.29 is 18.1 Å². The van der Waals surface area contributed by atoms with Crippen LogP contribution in [0.15, 0.2) is 46.9 Å². The van der Waals surface area contributed by atoms with Crippen molar-refractivity contribution >= 4 is 22.0 Å². The Kier molecular flexibility index (Phi) is 5.27. The first kappa shape index (κ1) is 18.8. The highest BCUT2D eigenvalue weighted by Gasteiger charge is 2.19. The number of nitrogens with one attached hydrogen (secondary N) is 1. The number of halogens is 1. The zero-order valence-electron chi connectivity index (χ0n) is 15.0. The molecule has 1 aromatic heterocycles. The molecule has 1 heterocycles. The molecule has 0 saturated carbocycles. The summed E-state index contributed by atoms with van der Waals surface area (Å²) in [5.41, 5.74) is 3.65. The van der Waals surface area contributed by atoms with E-state index in [4.69, 9.17) is 4.42 Å². The highest BCUT2D eigenvalue weighted by molar-refractivity contribution is 7.84. The van der Waals surface area contributed by atoms with Gasteiger partial charge < -0.3 is 9.52 Å². The van der Waals surface area contributed by atoms with Crippen LogP contribution in [0.2, 0.25) is 0 Å². The number of benzene rings is 2. The Morgan fingerprint density at radius 1 is 1.15 bits per heavy atom. The first-order valence-corrected chi connectivity index (χ1v) is 9.50. The molecular formula is C20H22FNO3S. The van der Waals surface area contributed by atoms with E-state index in [1.165, 1.54) is 6.07 Å². The van der Waals surface area contributed by atoms with E-state index < -0.39 is 17.0 Å². The van der Waals surface area contributed by atoms with Crippen LogP contribution in [0.25, 0.3) is 22.1 Å². The van der Waals surface area contributed by atoms with Crippen molar-refractivity contribution in [3.05, 3.63) is 59.6 Å². The molecule has 0 fully saturated rings. The Hall–Kier alpha value is -2.02. The lowest BCUT2D eigenvalue weighted by Gasteiger charge is -2.18. The summed E-state index contributed by atoms with van der Waals surface area (Å²) in [6, 6.07) is 11.8. The predicted octanol–water partition coefficient (Wildman–Crippen LogP) is 4.28. The van der Waals surface area contributed by atoms with Gasteiger partial charge in [0.25, 0.3) is 6.01 Å². The number of rotatable bonds is 5. The summed E-state index contributed by atoms with van der Waals surface area (Å²) in [4.78, 5) is 0. The van der Waals surface area contributed by atoms with E-state index in [2.05, 4.69) is 4.72 Å². The van der Waals surface area contributed by atoms with E-state index in [1.54, 1.807) is 12.1 Å². The van der Waals surface area contributed by atoms with Gasteiger partial charge in [0, 0.05) is 23.6 Å². The molecule has 0 spiro atoms. The highest BCUT2D eigenvalue weighted by Crippen LogP contribution is 2.32. The summed E-state index contributed by atoms with van der Waals surface area (Å²) in [7, 11) is -1.16. The largest absolute Gasteiger partial charge is 0.430 e. The molecule has 0 aliphatic carbocycles. The van der Waals surface area contributed by atoms with Gasteiger partial charge in [-0.1, -0.05) is 18.2 Å². The van der Waals surface area contributed by atoms with Crippen LogP contribution in [0.5, 0.6) is 0 Å². The third-order valence-corrected chi connectivity index (χ3v) is 5.55. The van der Waals surface area contributed by atoms with Gasteiger partial charge in [0.15, 0.2) is 0 Å². The third kappa shape index (κ3) is 4.03. The molecule has 0 aliphatic heterocycles. The molecule has 1 atom stereocenters. The quantitative estimate of drug-likeness (QED) is 0.700. The molecular weight excluding hydrogens is 353 g/mol. The van der Waals surface area contributed by atoms with Gasteiger partial charge in [0.2, 0.25) is 0 Å². The minimum atomic E-state index is -1.16. The minimum absolute atomic E-state index is 0.137. The van der Waals surface area contributed by atoms with Crippen LogP contribution in [0.1, 0.15) is 31.9 Å². The molecule has 0 unspecified atom stereocenters. The van der Waals surface area contributed by atoms with Gasteiger partial charge in [-0.3, -0.25) is 0 Å². The fourth-order valence-electron chi connectivity index (χ4n) is 2.70. The van der Waals surface area contributed by atoms with Crippen molar-refractivity contribution in [1.29, 1.82) is 0 Å². The minimum Gasteiger partial charge on any atom is -0.430 e. The SMILES string of the molecule is CC(C)(C)[S@@](=O)NCc1cccc(-c2cc(CO)cc3cc(F)oc23)c1. The van der Waals surface area contributed by atoms with Gasteiger partial charge in [0.1, 0.15) is 5.58 Å². The number of hydrogen-bond acceptors (Lipinski definition) is 3. The molecule has 3 aromatic rings. The first-order valence-electron chi connectivity index (χ1n) is 8.35. The maximum atomic E-state index is 13.6. The number of hydrogen-bond donors (Lipinski definition) is 2. The zero-order chi connectivity index (χ0) is 18.9. The Balaban J connectivity index is 1.95. The number of aliphatic hydroxyl groups excluding tert-OH is 1. The van der Waals surface area contributed by atoms with Gasteiger partial charge in [0.05, 0.1) is 22.3 Å². The zero-order valence-corrected chi connectivity index (χ0v) is 15.8. The maximum Gasteiger partial charge on any atom is 0.278 e. The second-order valence-corrected chi connectivity index (χ2v) is 9.22. The van der Waals surface area contributed by atoms with Crippen molar-refractivity contribution in [1.82, 2.24) is 4.72 Å². The Morgan fingerprint density at radius 3 is 2.62 bits per heavy atom. The van der Waals surface area contributed by atoms with Gasteiger partial charge in [-0.15, -0.1) is 0 Å². The van der Waals surface area contributed by atoms with E-state index in [9.17, 15) is 13.7 Å². The Labute approximate surface area is 154 Å². The summed E-state index contributed by atoms with van der Waals surface area (Å²) >= 11 is 0. The molecule has 0 aliphatic rings. The molecule has 3 rings (SSSR count). The molecule has 2 N–H and O–H groups in total. The van der Waals surface area contributed by atoms with E-state index >= 15 is 0 Å². The van der Waals surface area contributed by atoms with Crippen molar-refractivity contribution in [2.75, 3.05) is 0 Å². The average molecular weight is 375 g/mol. The lowest BCUT2D eigenvalue weighted by molar-refractivity contribution is 0.282. The lowest BCUT2D eigenvalue weighted by Crippen LogP contribution is -2.32. The second-order valence-electron chi connectivity index (χ2n) is 7.17. The predicted molar refractivity (Wildman–Crippen MR) is 102 cm³/mol. The molecule has 6 heteroatoms. The molecule has 4 nitrogen and oxygen atoms in total. The van der Waals surface area contributed by atoms with Crippen LogP contribution in [-0.2, 0) is 24.1 Å². The molecule has 0 saturated heterocycles. The van der Waals surface area contributed by atoms with Crippen LogP contribution < -0.4 is 4.72 Å². The molecule has 2 aromatic carbocycles. The number of fused-ring (bicyclic) bond motifs is 1. The molecule has 138 valence electrons. The second kappa shape index (κ2) is 7.31. The average Bonchev–Trinajstić information content (AvgIpc) is 2.98. The van der Waals surface area contributed by atoms with E-state index in [-0.39, 0.29) is 11.4 Å². The highest BCUT2D eigenvalue weighted by atomic mass is 32.2. The first-order chi connectivity index (χ1) is 12.3. The molecule has 26 heavy (non-hydrogen) atoms. The van der Waals surface area contributed by atoms with Crippen molar-refractivity contribution in [2.24, 2.45) is 0 Å². The van der Waals surface area contributed by atoms with Crippen molar-refractivity contribution in [3.63, 3.8) is 0 Å². The van der Waals surface area contributed by atoms with E-state index in [1.807, 2.05) is 45.0 Å². The number of aliphatic hydroxyl groups is 1. The summed E-state index contributed by atoms with van der Waals surface area (Å²) in [6.45, 7) is 6.05.